The number of tetrazole rings is 1. The summed E-state index contributed by atoms with van der Waals surface area (Å²) in [6.45, 7) is 0. The van der Waals surface area contributed by atoms with Crippen LogP contribution >= 0.6 is 23.4 Å². The van der Waals surface area contributed by atoms with E-state index < -0.39 is 0 Å². The minimum atomic E-state index is 0.472. The Bertz CT molecular complexity index is 552. The third-order valence-corrected chi connectivity index (χ3v) is 3.55. The molecule has 88 valence electrons. The molecule has 6 nitrogen and oxygen atoms in total. The highest BCUT2D eigenvalue weighted by Gasteiger charge is 2.27. The molecule has 1 aliphatic rings. The highest BCUT2D eigenvalue weighted by Crippen LogP contribution is 2.39. The summed E-state index contributed by atoms with van der Waals surface area (Å²) in [5.41, 5.74) is 0. The van der Waals surface area contributed by atoms with Crippen LogP contribution < -0.4 is 0 Å². The molecule has 2 heterocycles. The number of nitrogens with zero attached hydrogens (tertiary/aromatic N) is 6. The van der Waals surface area contributed by atoms with E-state index in [4.69, 9.17) is 11.6 Å². The first-order chi connectivity index (χ1) is 8.22. The molecule has 17 heavy (non-hydrogen) atoms. The predicted molar refractivity (Wildman–Crippen MR) is 61.9 cm³/mol. The van der Waals surface area contributed by atoms with Crippen molar-refractivity contribution in [3.8, 4) is 0 Å². The lowest BCUT2D eigenvalue weighted by Gasteiger charge is -2.02. The van der Waals surface area contributed by atoms with Crippen LogP contribution in [-0.2, 0) is 7.05 Å². The van der Waals surface area contributed by atoms with Gasteiger partial charge >= 0.3 is 0 Å². The van der Waals surface area contributed by atoms with Gasteiger partial charge in [-0.1, -0.05) is 11.6 Å². The van der Waals surface area contributed by atoms with Crippen molar-refractivity contribution >= 4 is 23.4 Å². The molecule has 0 aliphatic heterocycles. The van der Waals surface area contributed by atoms with E-state index in [0.29, 0.717) is 16.2 Å². The van der Waals surface area contributed by atoms with Crippen molar-refractivity contribution in [2.24, 2.45) is 7.05 Å². The van der Waals surface area contributed by atoms with Crippen molar-refractivity contribution in [3.63, 3.8) is 0 Å². The van der Waals surface area contributed by atoms with Crippen molar-refractivity contribution in [1.82, 2.24) is 30.2 Å². The zero-order valence-corrected chi connectivity index (χ0v) is 10.6. The van der Waals surface area contributed by atoms with Crippen LogP contribution in [0.4, 0.5) is 0 Å². The molecule has 1 saturated carbocycles. The number of hydrogen-bond acceptors (Lipinski definition) is 6. The maximum Gasteiger partial charge on any atom is 0.215 e. The van der Waals surface area contributed by atoms with Crippen LogP contribution in [0.5, 0.6) is 0 Å². The fraction of sp³-hybridized carbons (Fsp3) is 0.444. The lowest BCUT2D eigenvalue weighted by atomic mass is 10.4. The Morgan fingerprint density at radius 2 is 2.24 bits per heavy atom. The molecule has 0 radical (unpaired) electrons. The van der Waals surface area contributed by atoms with E-state index in [-0.39, 0.29) is 0 Å². The van der Waals surface area contributed by atoms with Gasteiger partial charge in [0.15, 0.2) is 0 Å². The zero-order chi connectivity index (χ0) is 11.8. The highest BCUT2D eigenvalue weighted by molar-refractivity contribution is 7.99. The molecule has 0 saturated heterocycles. The molecule has 1 aliphatic carbocycles. The minimum Gasteiger partial charge on any atom is -0.226 e. The first-order valence-corrected chi connectivity index (χ1v) is 6.36. The van der Waals surface area contributed by atoms with Crippen LogP contribution in [0, 0.1) is 0 Å². The van der Waals surface area contributed by atoms with Gasteiger partial charge in [0.05, 0.1) is 0 Å². The van der Waals surface area contributed by atoms with E-state index in [0.717, 1.165) is 23.7 Å². The highest BCUT2D eigenvalue weighted by atomic mass is 35.5. The van der Waals surface area contributed by atoms with Gasteiger partial charge in [-0.15, -0.1) is 5.10 Å². The lowest BCUT2D eigenvalue weighted by Crippen LogP contribution is -1.97. The smallest absolute Gasteiger partial charge is 0.215 e. The van der Waals surface area contributed by atoms with Gasteiger partial charge in [-0.25, -0.2) is 14.6 Å². The average molecular weight is 269 g/mol. The molecule has 0 aromatic carbocycles. The molecule has 2 aromatic heterocycles. The van der Waals surface area contributed by atoms with Crippen LogP contribution in [0.15, 0.2) is 16.2 Å². The van der Waals surface area contributed by atoms with Crippen molar-refractivity contribution < 1.29 is 0 Å². The number of aryl methyl sites for hydroxylation is 1. The van der Waals surface area contributed by atoms with Gasteiger partial charge in [0.25, 0.3) is 0 Å². The van der Waals surface area contributed by atoms with E-state index in [2.05, 4.69) is 25.5 Å². The second kappa shape index (κ2) is 4.23. The van der Waals surface area contributed by atoms with Gasteiger partial charge in [0.1, 0.15) is 16.0 Å². The molecule has 0 N–H and O–H groups in total. The third kappa shape index (κ3) is 2.39. The van der Waals surface area contributed by atoms with E-state index >= 15 is 0 Å². The van der Waals surface area contributed by atoms with Crippen LogP contribution in [0.1, 0.15) is 24.6 Å². The van der Waals surface area contributed by atoms with Gasteiger partial charge in [-0.05, 0) is 35.0 Å². The third-order valence-electron chi connectivity index (χ3n) is 2.41. The van der Waals surface area contributed by atoms with Crippen molar-refractivity contribution in [2.75, 3.05) is 0 Å². The molecule has 2 aromatic rings. The Morgan fingerprint density at radius 3 is 2.88 bits per heavy atom. The van der Waals surface area contributed by atoms with Crippen molar-refractivity contribution in [2.45, 2.75) is 28.9 Å². The Hall–Kier alpha value is -1.21. The Labute approximate surface area is 107 Å². The Morgan fingerprint density at radius 1 is 1.41 bits per heavy atom. The second-order valence-corrected chi connectivity index (χ2v) is 5.22. The summed E-state index contributed by atoms with van der Waals surface area (Å²) in [7, 11) is 1.78. The van der Waals surface area contributed by atoms with Crippen LogP contribution in [-0.4, -0.2) is 30.2 Å². The number of aromatic nitrogens is 6. The molecule has 0 unspecified atom stereocenters. The summed E-state index contributed by atoms with van der Waals surface area (Å²) in [6.07, 6.45) is 2.30. The molecule has 0 amide bonds. The van der Waals surface area contributed by atoms with E-state index in [1.807, 2.05) is 0 Å². The molecular formula is C9H9ClN6S. The molecule has 8 heteroatoms. The Kier molecular flexibility index (Phi) is 2.71. The summed E-state index contributed by atoms with van der Waals surface area (Å²) in [5, 5.41) is 13.2. The van der Waals surface area contributed by atoms with E-state index in [1.54, 1.807) is 17.8 Å². The van der Waals surface area contributed by atoms with Crippen molar-refractivity contribution in [3.05, 3.63) is 17.0 Å². The van der Waals surface area contributed by atoms with Crippen LogP contribution in [0.2, 0.25) is 5.15 Å². The standard InChI is InChI=1S/C9H9ClN6S/c1-16-9(13-14-15-16)17-7-4-6(10)11-8(12-7)5-2-3-5/h4-5H,2-3H2,1H3. The summed E-state index contributed by atoms with van der Waals surface area (Å²) >= 11 is 7.36. The van der Waals surface area contributed by atoms with Crippen LogP contribution in [0.3, 0.4) is 0 Å². The van der Waals surface area contributed by atoms with Gasteiger partial charge in [-0.2, -0.15) is 0 Å². The summed E-state index contributed by atoms with van der Waals surface area (Å²) in [5.74, 6) is 1.31. The number of halogens is 1. The average Bonchev–Trinajstić information content (AvgIpc) is 3.05. The minimum absolute atomic E-state index is 0.472. The topological polar surface area (TPSA) is 69.4 Å². The quantitative estimate of drug-likeness (QED) is 0.789. The fourth-order valence-corrected chi connectivity index (χ4v) is 2.39. The normalized spacial score (nSPS) is 15.2. The fourth-order valence-electron chi connectivity index (χ4n) is 1.39. The van der Waals surface area contributed by atoms with Gasteiger partial charge in [-0.3, -0.25) is 0 Å². The maximum absolute atomic E-state index is 5.98. The molecule has 3 rings (SSSR count). The SMILES string of the molecule is Cn1nnnc1Sc1cc(Cl)nc(C2CC2)n1. The summed E-state index contributed by atoms with van der Waals surface area (Å²) in [4.78, 5) is 8.70. The number of rotatable bonds is 3. The predicted octanol–water partition coefficient (Wildman–Crippen LogP) is 1.68. The first-order valence-electron chi connectivity index (χ1n) is 5.17. The van der Waals surface area contributed by atoms with Gasteiger partial charge < -0.3 is 0 Å². The maximum atomic E-state index is 5.98. The molecular weight excluding hydrogens is 260 g/mol. The lowest BCUT2D eigenvalue weighted by molar-refractivity contribution is 0.664. The summed E-state index contributed by atoms with van der Waals surface area (Å²) in [6, 6.07) is 1.73. The number of hydrogen-bond donors (Lipinski definition) is 0. The molecule has 0 spiro atoms. The molecule has 0 bridgehead atoms. The molecule has 0 atom stereocenters. The first kappa shape index (κ1) is 10.9. The Balaban J connectivity index is 1.89. The van der Waals surface area contributed by atoms with Gasteiger partial charge in [0.2, 0.25) is 5.16 Å². The van der Waals surface area contributed by atoms with Gasteiger partial charge in [0, 0.05) is 19.0 Å². The van der Waals surface area contributed by atoms with E-state index in [1.165, 1.54) is 11.8 Å². The zero-order valence-electron chi connectivity index (χ0n) is 9.04. The van der Waals surface area contributed by atoms with E-state index in [9.17, 15) is 0 Å². The largest absolute Gasteiger partial charge is 0.226 e. The second-order valence-electron chi connectivity index (χ2n) is 3.85. The summed E-state index contributed by atoms with van der Waals surface area (Å²) < 4.78 is 1.59. The van der Waals surface area contributed by atoms with Crippen molar-refractivity contribution in [1.29, 1.82) is 0 Å². The molecule has 1 fully saturated rings. The van der Waals surface area contributed by atoms with Crippen LogP contribution in [0.25, 0.3) is 0 Å². The monoisotopic (exact) mass is 268 g/mol.